The fourth-order valence-corrected chi connectivity index (χ4v) is 4.08. The van der Waals surface area contributed by atoms with E-state index in [1.165, 1.54) is 5.56 Å². The summed E-state index contributed by atoms with van der Waals surface area (Å²) in [6.45, 7) is 6.39. The summed E-state index contributed by atoms with van der Waals surface area (Å²) in [5.41, 5.74) is 1.96. The van der Waals surface area contributed by atoms with Gasteiger partial charge in [-0.05, 0) is 50.6 Å². The lowest BCUT2D eigenvalue weighted by atomic mass is 10.1. The van der Waals surface area contributed by atoms with Gasteiger partial charge in [0.2, 0.25) is 11.8 Å². The van der Waals surface area contributed by atoms with Crippen LogP contribution in [0.5, 0.6) is 0 Å². The molecule has 1 unspecified atom stereocenters. The molecule has 29 heavy (non-hydrogen) atoms. The summed E-state index contributed by atoms with van der Waals surface area (Å²) >= 11 is 13.9. The fraction of sp³-hybridized carbons (Fsp3) is 0.364. The van der Waals surface area contributed by atoms with E-state index in [9.17, 15) is 9.59 Å². The Balaban J connectivity index is 2.09. The van der Waals surface area contributed by atoms with Crippen molar-refractivity contribution in [2.24, 2.45) is 0 Å². The molecule has 0 fully saturated rings. The number of nitrogens with one attached hydrogen (secondary N) is 1. The van der Waals surface area contributed by atoms with E-state index in [4.69, 9.17) is 23.2 Å². The van der Waals surface area contributed by atoms with Gasteiger partial charge in [-0.1, -0.05) is 47.0 Å². The van der Waals surface area contributed by atoms with Crippen molar-refractivity contribution < 1.29 is 9.59 Å². The highest BCUT2D eigenvalue weighted by molar-refractivity contribution is 7.99. The Bertz CT molecular complexity index is 843. The molecule has 2 aromatic carbocycles. The van der Waals surface area contributed by atoms with Crippen molar-refractivity contribution in [1.82, 2.24) is 10.2 Å². The minimum absolute atomic E-state index is 0.0885. The third-order valence-corrected chi connectivity index (χ3v) is 6.08. The van der Waals surface area contributed by atoms with Gasteiger partial charge in [0.1, 0.15) is 6.04 Å². The van der Waals surface area contributed by atoms with E-state index in [-0.39, 0.29) is 18.4 Å². The molecule has 4 nitrogen and oxygen atoms in total. The molecule has 0 aromatic heterocycles. The number of likely N-dealkylation sites (N-methyl/N-ethyl adjacent to an activating group) is 1. The molecular weight excluding hydrogens is 427 g/mol. The second-order valence-electron chi connectivity index (χ2n) is 6.74. The van der Waals surface area contributed by atoms with Gasteiger partial charge in [0.25, 0.3) is 0 Å². The first-order valence-corrected chi connectivity index (χ1v) is 11.3. The molecular formula is C22H26Cl2N2O2S. The first-order chi connectivity index (χ1) is 13.8. The Kier molecular flexibility index (Phi) is 9.34. The van der Waals surface area contributed by atoms with Crippen molar-refractivity contribution in [2.45, 2.75) is 44.7 Å². The highest BCUT2D eigenvalue weighted by atomic mass is 35.5. The molecule has 0 heterocycles. The van der Waals surface area contributed by atoms with Crippen LogP contribution in [0.2, 0.25) is 10.0 Å². The Morgan fingerprint density at radius 1 is 1.14 bits per heavy atom. The highest BCUT2D eigenvalue weighted by Gasteiger charge is 2.26. The zero-order chi connectivity index (χ0) is 21.4. The van der Waals surface area contributed by atoms with Crippen molar-refractivity contribution in [1.29, 1.82) is 0 Å². The Morgan fingerprint density at radius 3 is 2.45 bits per heavy atom. The molecule has 2 amide bonds. The van der Waals surface area contributed by atoms with Crippen LogP contribution in [0.1, 0.15) is 31.4 Å². The van der Waals surface area contributed by atoms with E-state index in [0.717, 1.165) is 10.5 Å². The van der Waals surface area contributed by atoms with Crippen LogP contribution >= 0.6 is 35.0 Å². The molecule has 0 aliphatic heterocycles. The van der Waals surface area contributed by atoms with E-state index in [0.29, 0.717) is 28.8 Å². The number of carbonyl (C=O) groups excluding carboxylic acids is 2. The zero-order valence-corrected chi connectivity index (χ0v) is 19.2. The van der Waals surface area contributed by atoms with E-state index in [1.54, 1.807) is 41.8 Å². The SMILES string of the molecule is CCNC(=O)C(C)N(Cc1ccc(Cl)cc1Cl)C(=O)CCSc1ccc(C)cc1. The third-order valence-electron chi connectivity index (χ3n) is 4.48. The maximum absolute atomic E-state index is 13.0. The van der Waals surface area contributed by atoms with Gasteiger partial charge in [-0.2, -0.15) is 0 Å². The van der Waals surface area contributed by atoms with Gasteiger partial charge < -0.3 is 10.2 Å². The summed E-state index contributed by atoms with van der Waals surface area (Å²) in [7, 11) is 0. The molecule has 1 atom stereocenters. The maximum Gasteiger partial charge on any atom is 0.242 e. The zero-order valence-electron chi connectivity index (χ0n) is 16.9. The lowest BCUT2D eigenvalue weighted by Gasteiger charge is -2.29. The van der Waals surface area contributed by atoms with E-state index >= 15 is 0 Å². The van der Waals surface area contributed by atoms with Crippen molar-refractivity contribution in [3.05, 3.63) is 63.6 Å². The van der Waals surface area contributed by atoms with Crippen LogP contribution in [-0.2, 0) is 16.1 Å². The number of carbonyl (C=O) groups is 2. The average molecular weight is 453 g/mol. The predicted octanol–water partition coefficient (Wildman–Crippen LogP) is 5.34. The molecule has 2 rings (SSSR count). The van der Waals surface area contributed by atoms with Crippen LogP contribution in [0.15, 0.2) is 47.4 Å². The normalized spacial score (nSPS) is 11.8. The Labute approximate surface area is 187 Å². The van der Waals surface area contributed by atoms with Gasteiger partial charge in [-0.15, -0.1) is 11.8 Å². The smallest absolute Gasteiger partial charge is 0.242 e. The van der Waals surface area contributed by atoms with Crippen molar-refractivity contribution >= 4 is 46.8 Å². The summed E-state index contributed by atoms with van der Waals surface area (Å²) in [6.07, 6.45) is 0.327. The lowest BCUT2D eigenvalue weighted by Crippen LogP contribution is -2.47. The largest absolute Gasteiger partial charge is 0.355 e. The topological polar surface area (TPSA) is 49.4 Å². The Morgan fingerprint density at radius 2 is 1.83 bits per heavy atom. The molecule has 0 bridgehead atoms. The number of rotatable bonds is 9. The first kappa shape index (κ1) is 23.6. The van der Waals surface area contributed by atoms with Crippen LogP contribution in [0.25, 0.3) is 0 Å². The minimum atomic E-state index is -0.599. The minimum Gasteiger partial charge on any atom is -0.355 e. The number of nitrogens with zero attached hydrogens (tertiary/aromatic N) is 1. The standard InChI is InChI=1S/C22H26Cl2N2O2S/c1-4-25-22(28)16(3)26(14-17-7-8-18(23)13-20(17)24)21(27)11-12-29-19-9-5-15(2)6-10-19/h5-10,13,16H,4,11-12,14H2,1-3H3,(H,25,28). The van der Waals surface area contributed by atoms with E-state index in [1.807, 2.05) is 26.0 Å². The van der Waals surface area contributed by atoms with Crippen LogP contribution < -0.4 is 5.32 Å². The van der Waals surface area contributed by atoms with Crippen molar-refractivity contribution in [3.63, 3.8) is 0 Å². The van der Waals surface area contributed by atoms with Crippen molar-refractivity contribution in [2.75, 3.05) is 12.3 Å². The molecule has 0 aliphatic rings. The average Bonchev–Trinajstić information content (AvgIpc) is 2.68. The molecule has 7 heteroatoms. The summed E-state index contributed by atoms with van der Waals surface area (Å²) < 4.78 is 0. The number of amides is 2. The number of hydrogen-bond acceptors (Lipinski definition) is 3. The first-order valence-electron chi connectivity index (χ1n) is 9.52. The van der Waals surface area contributed by atoms with Gasteiger partial charge in [0.05, 0.1) is 0 Å². The number of hydrogen-bond donors (Lipinski definition) is 1. The van der Waals surface area contributed by atoms with Crippen LogP contribution in [0.3, 0.4) is 0 Å². The van der Waals surface area contributed by atoms with E-state index < -0.39 is 6.04 Å². The molecule has 0 saturated heterocycles. The van der Waals surface area contributed by atoms with Crippen LogP contribution in [0.4, 0.5) is 0 Å². The lowest BCUT2D eigenvalue weighted by molar-refractivity contribution is -0.140. The highest BCUT2D eigenvalue weighted by Crippen LogP contribution is 2.24. The van der Waals surface area contributed by atoms with Gasteiger partial charge in [-0.3, -0.25) is 9.59 Å². The molecule has 0 aliphatic carbocycles. The summed E-state index contributed by atoms with van der Waals surface area (Å²) in [5.74, 6) is 0.362. The number of aryl methyl sites for hydroxylation is 1. The number of halogens is 2. The summed E-state index contributed by atoms with van der Waals surface area (Å²) in [6, 6.07) is 12.8. The van der Waals surface area contributed by atoms with E-state index in [2.05, 4.69) is 17.4 Å². The Hall–Kier alpha value is -1.69. The third kappa shape index (κ3) is 7.25. The molecule has 2 aromatic rings. The van der Waals surface area contributed by atoms with Crippen LogP contribution in [-0.4, -0.2) is 35.1 Å². The second-order valence-corrected chi connectivity index (χ2v) is 8.75. The molecule has 0 saturated carbocycles. The summed E-state index contributed by atoms with van der Waals surface area (Å²) in [5, 5.41) is 3.79. The van der Waals surface area contributed by atoms with Gasteiger partial charge >= 0.3 is 0 Å². The monoisotopic (exact) mass is 452 g/mol. The van der Waals surface area contributed by atoms with Gasteiger partial charge in [0, 0.05) is 40.2 Å². The molecule has 156 valence electrons. The quantitative estimate of drug-likeness (QED) is 0.522. The predicted molar refractivity (Wildman–Crippen MR) is 122 cm³/mol. The number of benzene rings is 2. The van der Waals surface area contributed by atoms with Crippen LogP contribution in [0, 0.1) is 6.92 Å². The summed E-state index contributed by atoms with van der Waals surface area (Å²) in [4.78, 5) is 28.1. The van der Waals surface area contributed by atoms with Crippen molar-refractivity contribution in [3.8, 4) is 0 Å². The number of thioether (sulfide) groups is 1. The fourth-order valence-electron chi connectivity index (χ4n) is 2.77. The molecule has 1 N–H and O–H groups in total. The molecule has 0 spiro atoms. The van der Waals surface area contributed by atoms with Gasteiger partial charge in [-0.25, -0.2) is 0 Å². The van der Waals surface area contributed by atoms with Gasteiger partial charge in [0.15, 0.2) is 0 Å². The molecule has 0 radical (unpaired) electrons. The maximum atomic E-state index is 13.0. The second kappa shape index (κ2) is 11.5.